The van der Waals surface area contributed by atoms with Crippen LogP contribution < -0.4 is 0 Å². The van der Waals surface area contributed by atoms with Gasteiger partial charge in [-0.15, -0.1) is 0 Å². The zero-order valence-corrected chi connectivity index (χ0v) is 7.63. The molecule has 1 unspecified atom stereocenters. The van der Waals surface area contributed by atoms with Gasteiger partial charge in [0.2, 0.25) is 0 Å². The summed E-state index contributed by atoms with van der Waals surface area (Å²) in [5.41, 5.74) is 0. The molecule has 1 aliphatic rings. The van der Waals surface area contributed by atoms with E-state index in [4.69, 9.17) is 0 Å². The fourth-order valence-electron chi connectivity index (χ4n) is 0.902. The first-order valence-electron chi connectivity index (χ1n) is 4.01. The zero-order valence-electron chi connectivity index (χ0n) is 6.81. The van der Waals surface area contributed by atoms with Crippen LogP contribution in [0.25, 0.3) is 0 Å². The van der Waals surface area contributed by atoms with Crippen LogP contribution in [-0.2, 0) is 0 Å². The predicted octanol–water partition coefficient (Wildman–Crippen LogP) is 3.32. The summed E-state index contributed by atoms with van der Waals surface area (Å²) in [6, 6.07) is 0. The highest BCUT2D eigenvalue weighted by atomic mass is 32.2. The van der Waals surface area contributed by atoms with Crippen molar-refractivity contribution in [1.82, 2.24) is 0 Å². The molecule has 1 heterocycles. The predicted molar refractivity (Wildman–Crippen MR) is 47.1 cm³/mol. The smallest absolute Gasteiger partial charge is 0.00187 e. The van der Waals surface area contributed by atoms with E-state index in [2.05, 4.69) is 18.7 Å². The van der Waals surface area contributed by atoms with Crippen LogP contribution in [0.5, 0.6) is 0 Å². The molecule has 1 fully saturated rings. The Morgan fingerprint density at radius 3 is 2.11 bits per heavy atom. The number of thioether (sulfide) groups is 1. The minimum Gasteiger partial charge on any atom is -0.159 e. The lowest BCUT2D eigenvalue weighted by molar-refractivity contribution is 0.693. The number of hydrogen-bond donors (Lipinski definition) is 0. The van der Waals surface area contributed by atoms with Gasteiger partial charge in [0.1, 0.15) is 0 Å². The summed E-state index contributed by atoms with van der Waals surface area (Å²) in [6.07, 6.45) is 4.37. The molecule has 0 saturated carbocycles. The van der Waals surface area contributed by atoms with Crippen LogP contribution in [0, 0.1) is 0 Å². The van der Waals surface area contributed by atoms with Gasteiger partial charge in [-0.1, -0.05) is 27.2 Å². The molecule has 0 nitrogen and oxygen atoms in total. The van der Waals surface area contributed by atoms with Crippen LogP contribution in [0.1, 0.15) is 40.0 Å². The SMILES string of the molecule is CC.CC1CCCCS1. The normalized spacial score (nSPS) is 26.3. The Balaban J connectivity index is 0.000000291. The molecule has 0 radical (unpaired) electrons. The van der Waals surface area contributed by atoms with Gasteiger partial charge in [-0.05, 0) is 18.6 Å². The van der Waals surface area contributed by atoms with Crippen LogP contribution in [0.4, 0.5) is 0 Å². The second-order valence-electron chi connectivity index (χ2n) is 2.18. The Hall–Kier alpha value is 0.350. The van der Waals surface area contributed by atoms with E-state index in [9.17, 15) is 0 Å². The largest absolute Gasteiger partial charge is 0.159 e. The molecule has 0 aromatic rings. The third-order valence-electron chi connectivity index (χ3n) is 1.41. The monoisotopic (exact) mass is 146 g/mol. The van der Waals surface area contributed by atoms with Gasteiger partial charge in [0.25, 0.3) is 0 Å². The van der Waals surface area contributed by atoms with Crippen molar-refractivity contribution in [2.45, 2.75) is 45.3 Å². The molecule has 0 aromatic carbocycles. The highest BCUT2D eigenvalue weighted by Crippen LogP contribution is 2.23. The maximum absolute atomic E-state index is 2.32. The van der Waals surface area contributed by atoms with Crippen molar-refractivity contribution in [2.24, 2.45) is 0 Å². The molecule has 1 aliphatic heterocycles. The number of rotatable bonds is 0. The van der Waals surface area contributed by atoms with Crippen LogP contribution in [0.3, 0.4) is 0 Å². The standard InChI is InChI=1S/C6H12S.C2H6/c1-6-4-2-3-5-7-6;1-2/h6H,2-5H2,1H3;1-2H3. The Kier molecular flexibility index (Phi) is 6.72. The third kappa shape index (κ3) is 4.83. The van der Waals surface area contributed by atoms with Crippen molar-refractivity contribution in [2.75, 3.05) is 5.75 Å². The summed E-state index contributed by atoms with van der Waals surface area (Å²) in [5, 5.41) is 0.953. The summed E-state index contributed by atoms with van der Waals surface area (Å²) in [6.45, 7) is 6.32. The molecule has 9 heavy (non-hydrogen) atoms. The summed E-state index contributed by atoms with van der Waals surface area (Å²) in [7, 11) is 0. The fourth-order valence-corrected chi connectivity index (χ4v) is 2.01. The Labute approximate surface area is 63.4 Å². The highest BCUT2D eigenvalue weighted by molar-refractivity contribution is 7.99. The molecular weight excluding hydrogens is 128 g/mol. The van der Waals surface area contributed by atoms with Gasteiger partial charge >= 0.3 is 0 Å². The summed E-state index contributed by atoms with van der Waals surface area (Å²) in [5.74, 6) is 1.40. The minimum atomic E-state index is 0.953. The van der Waals surface area contributed by atoms with E-state index < -0.39 is 0 Å². The first-order valence-corrected chi connectivity index (χ1v) is 5.06. The van der Waals surface area contributed by atoms with Crippen LogP contribution in [-0.4, -0.2) is 11.0 Å². The quantitative estimate of drug-likeness (QED) is 0.505. The van der Waals surface area contributed by atoms with Gasteiger partial charge < -0.3 is 0 Å². The van der Waals surface area contributed by atoms with Crippen molar-refractivity contribution < 1.29 is 0 Å². The van der Waals surface area contributed by atoms with Crippen molar-refractivity contribution >= 4 is 11.8 Å². The number of hydrogen-bond acceptors (Lipinski definition) is 1. The van der Waals surface area contributed by atoms with Crippen molar-refractivity contribution in [3.8, 4) is 0 Å². The molecule has 1 heteroatoms. The molecule has 56 valence electrons. The van der Waals surface area contributed by atoms with Gasteiger partial charge in [-0.25, -0.2) is 0 Å². The summed E-state index contributed by atoms with van der Waals surface area (Å²) >= 11 is 2.12. The first kappa shape index (κ1) is 9.35. The lowest BCUT2D eigenvalue weighted by Crippen LogP contribution is -2.03. The molecule has 1 saturated heterocycles. The van der Waals surface area contributed by atoms with Gasteiger partial charge in [0.05, 0.1) is 0 Å². The Morgan fingerprint density at radius 1 is 1.22 bits per heavy atom. The molecule has 0 amide bonds. The van der Waals surface area contributed by atoms with E-state index in [-0.39, 0.29) is 0 Å². The lowest BCUT2D eigenvalue weighted by Gasteiger charge is -2.15. The topological polar surface area (TPSA) is 0 Å². The highest BCUT2D eigenvalue weighted by Gasteiger charge is 2.06. The summed E-state index contributed by atoms with van der Waals surface area (Å²) < 4.78 is 0. The molecule has 0 aliphatic carbocycles. The Bertz CT molecular complexity index is 46.5. The first-order chi connectivity index (χ1) is 4.39. The van der Waals surface area contributed by atoms with E-state index in [0.717, 1.165) is 5.25 Å². The second-order valence-corrected chi connectivity index (χ2v) is 3.72. The molecule has 0 bridgehead atoms. The molecule has 1 atom stereocenters. The van der Waals surface area contributed by atoms with Crippen LogP contribution in [0.15, 0.2) is 0 Å². The molecule has 1 rings (SSSR count). The van der Waals surface area contributed by atoms with E-state index in [0.29, 0.717) is 0 Å². The maximum Gasteiger partial charge on any atom is 0.00187 e. The van der Waals surface area contributed by atoms with E-state index in [1.807, 2.05) is 13.8 Å². The van der Waals surface area contributed by atoms with Crippen LogP contribution >= 0.6 is 11.8 Å². The van der Waals surface area contributed by atoms with Crippen molar-refractivity contribution in [1.29, 1.82) is 0 Å². The average molecular weight is 146 g/mol. The maximum atomic E-state index is 2.32. The average Bonchev–Trinajstić information content (AvgIpc) is 1.94. The van der Waals surface area contributed by atoms with Gasteiger partial charge in [0.15, 0.2) is 0 Å². The van der Waals surface area contributed by atoms with Crippen LogP contribution in [0.2, 0.25) is 0 Å². The van der Waals surface area contributed by atoms with E-state index in [1.54, 1.807) is 0 Å². The Morgan fingerprint density at radius 2 is 1.89 bits per heavy atom. The minimum absolute atomic E-state index is 0.953. The summed E-state index contributed by atoms with van der Waals surface area (Å²) in [4.78, 5) is 0. The molecule has 0 spiro atoms. The van der Waals surface area contributed by atoms with Gasteiger partial charge in [-0.3, -0.25) is 0 Å². The third-order valence-corrected chi connectivity index (χ3v) is 2.74. The van der Waals surface area contributed by atoms with Gasteiger partial charge in [-0.2, -0.15) is 11.8 Å². The fraction of sp³-hybridized carbons (Fsp3) is 1.00. The zero-order chi connectivity index (χ0) is 7.11. The van der Waals surface area contributed by atoms with Gasteiger partial charge in [0, 0.05) is 5.25 Å². The van der Waals surface area contributed by atoms with Crippen molar-refractivity contribution in [3.63, 3.8) is 0 Å². The molecular formula is C8H18S. The van der Waals surface area contributed by atoms with E-state index in [1.165, 1.54) is 25.0 Å². The lowest BCUT2D eigenvalue weighted by atomic mass is 10.2. The molecule has 0 N–H and O–H groups in total. The van der Waals surface area contributed by atoms with Crippen molar-refractivity contribution in [3.05, 3.63) is 0 Å². The second kappa shape index (κ2) is 6.47. The molecule has 0 aromatic heterocycles. The van der Waals surface area contributed by atoms with E-state index >= 15 is 0 Å².